The Balaban J connectivity index is 3.09. The Morgan fingerprint density at radius 3 is 2.15 bits per heavy atom. The second-order valence-corrected chi connectivity index (χ2v) is 4.74. The number of ether oxygens (including phenoxy) is 1. The molecule has 0 heterocycles. The van der Waals surface area contributed by atoms with Gasteiger partial charge in [0.2, 0.25) is 5.78 Å². The van der Waals surface area contributed by atoms with Crippen molar-refractivity contribution in [3.8, 4) is 0 Å². The first-order valence-electron chi connectivity index (χ1n) is 7.02. The van der Waals surface area contributed by atoms with Crippen LogP contribution in [-0.4, -0.2) is 36.9 Å². The highest BCUT2D eigenvalue weighted by atomic mass is 19.4. The average molecular weight is 379 g/mol. The fourth-order valence-electron chi connectivity index (χ4n) is 1.78. The topological polar surface area (TPSA) is 108 Å². The number of ketones is 1. The Morgan fingerprint density at radius 1 is 1.15 bits per heavy atom. The van der Waals surface area contributed by atoms with Crippen LogP contribution in [0.5, 0.6) is 0 Å². The highest BCUT2D eigenvalue weighted by molar-refractivity contribution is 6.19. The number of aliphatic imine (C=N–C) groups is 1. The number of nitrogens with two attached hydrogens (primary N) is 2. The van der Waals surface area contributed by atoms with Gasteiger partial charge in [0.25, 0.3) is 0 Å². The van der Waals surface area contributed by atoms with Crippen LogP contribution >= 0.6 is 0 Å². The van der Waals surface area contributed by atoms with Crippen molar-refractivity contribution in [1.82, 2.24) is 0 Å². The summed E-state index contributed by atoms with van der Waals surface area (Å²) in [6.45, 7) is 0.141. The molecule has 0 radical (unpaired) electrons. The van der Waals surface area contributed by atoms with Crippen molar-refractivity contribution in [2.75, 3.05) is 13.2 Å². The third kappa shape index (κ3) is 5.01. The van der Waals surface area contributed by atoms with Gasteiger partial charge in [0.1, 0.15) is 28.7 Å². The van der Waals surface area contributed by atoms with Crippen molar-refractivity contribution >= 4 is 17.6 Å². The molecule has 4 N–H and O–H groups in total. The van der Waals surface area contributed by atoms with E-state index in [2.05, 4.69) is 9.73 Å². The number of halogens is 5. The number of carbonyl (C=O) groups is 2. The smallest absolute Gasteiger partial charge is 0.431 e. The zero-order valence-electron chi connectivity index (χ0n) is 13.4. The molecule has 142 valence electrons. The Morgan fingerprint density at radius 2 is 1.69 bits per heavy atom. The van der Waals surface area contributed by atoms with E-state index in [-0.39, 0.29) is 6.54 Å². The molecular formula is C15H14F5N3O3. The molecule has 0 amide bonds. The minimum atomic E-state index is -5.12. The van der Waals surface area contributed by atoms with Crippen LogP contribution in [0, 0.1) is 11.6 Å². The molecule has 0 aromatic heterocycles. The summed E-state index contributed by atoms with van der Waals surface area (Å²) in [5, 5.41) is 0. The SMILES string of the molecule is CCN=C(N)C(C(=O)OCC(=O)c1c(F)cccc1F)=C(N)C(F)(F)F. The minimum Gasteiger partial charge on any atom is -0.454 e. The number of Topliss-reactive ketones (excluding diaryl/α,β-unsaturated/α-hetero) is 1. The van der Waals surface area contributed by atoms with E-state index in [1.807, 2.05) is 0 Å². The molecule has 0 aliphatic rings. The monoisotopic (exact) mass is 379 g/mol. The number of hydrogen-bond acceptors (Lipinski definition) is 5. The maximum absolute atomic E-state index is 13.5. The molecule has 0 aliphatic heterocycles. The fourth-order valence-corrected chi connectivity index (χ4v) is 1.78. The summed E-state index contributed by atoms with van der Waals surface area (Å²) in [6.07, 6.45) is -5.12. The quantitative estimate of drug-likeness (QED) is 0.196. The van der Waals surface area contributed by atoms with Gasteiger partial charge in [0.15, 0.2) is 6.61 Å². The van der Waals surface area contributed by atoms with E-state index in [0.717, 1.165) is 18.2 Å². The van der Waals surface area contributed by atoms with Crippen LogP contribution < -0.4 is 11.5 Å². The summed E-state index contributed by atoms with van der Waals surface area (Å²) < 4.78 is 69.6. The maximum atomic E-state index is 13.5. The zero-order chi connectivity index (χ0) is 20.1. The molecular weight excluding hydrogens is 365 g/mol. The lowest BCUT2D eigenvalue weighted by Crippen LogP contribution is -2.33. The van der Waals surface area contributed by atoms with Gasteiger partial charge < -0.3 is 16.2 Å². The first kappa shape index (κ1) is 21.1. The first-order chi connectivity index (χ1) is 12.0. The fraction of sp³-hybridized carbons (Fsp3) is 0.267. The Labute approximate surface area is 144 Å². The van der Waals surface area contributed by atoms with Crippen LogP contribution in [0.2, 0.25) is 0 Å². The van der Waals surface area contributed by atoms with Crippen molar-refractivity contribution in [3.05, 3.63) is 46.7 Å². The third-order valence-electron chi connectivity index (χ3n) is 2.94. The second kappa shape index (κ2) is 8.41. The molecule has 0 atom stereocenters. The number of rotatable bonds is 6. The largest absolute Gasteiger partial charge is 0.454 e. The lowest BCUT2D eigenvalue weighted by Gasteiger charge is -2.13. The van der Waals surface area contributed by atoms with E-state index < -0.39 is 58.8 Å². The number of carbonyl (C=O) groups excluding carboxylic acids is 2. The molecule has 0 bridgehead atoms. The van der Waals surface area contributed by atoms with Crippen LogP contribution in [0.4, 0.5) is 22.0 Å². The van der Waals surface area contributed by atoms with E-state index in [4.69, 9.17) is 11.5 Å². The van der Waals surface area contributed by atoms with Gasteiger partial charge >= 0.3 is 12.1 Å². The first-order valence-corrected chi connectivity index (χ1v) is 7.02. The lowest BCUT2D eigenvalue weighted by atomic mass is 10.1. The molecule has 1 aromatic rings. The zero-order valence-corrected chi connectivity index (χ0v) is 13.4. The lowest BCUT2D eigenvalue weighted by molar-refractivity contribution is -0.138. The summed E-state index contributed by atoms with van der Waals surface area (Å²) >= 11 is 0. The van der Waals surface area contributed by atoms with Gasteiger partial charge in [0.05, 0.1) is 5.56 Å². The van der Waals surface area contributed by atoms with Gasteiger partial charge in [-0.1, -0.05) is 6.07 Å². The Kier molecular flexibility index (Phi) is 6.81. The van der Waals surface area contributed by atoms with Crippen LogP contribution in [-0.2, 0) is 9.53 Å². The standard InChI is InChI=1S/C15H14F5N3O3/c1-2-23-13(22)11(12(21)15(18,19)20)14(25)26-6-9(24)10-7(16)4-3-5-8(10)17/h3-5H,2,6,21H2,1H3,(H2,22,23). The molecule has 0 unspecified atom stereocenters. The Hall–Kier alpha value is -2.98. The molecule has 0 aliphatic carbocycles. The number of hydrogen-bond donors (Lipinski definition) is 2. The van der Waals surface area contributed by atoms with Crippen LogP contribution in [0.25, 0.3) is 0 Å². The third-order valence-corrected chi connectivity index (χ3v) is 2.94. The van der Waals surface area contributed by atoms with E-state index in [1.165, 1.54) is 6.92 Å². The van der Waals surface area contributed by atoms with Crippen molar-refractivity contribution < 1.29 is 36.3 Å². The molecule has 0 fully saturated rings. The molecule has 0 saturated heterocycles. The van der Waals surface area contributed by atoms with Gasteiger partial charge in [-0.05, 0) is 19.1 Å². The average Bonchev–Trinajstić information content (AvgIpc) is 2.52. The number of allylic oxidation sites excluding steroid dienone is 1. The molecule has 26 heavy (non-hydrogen) atoms. The number of amidine groups is 1. The number of alkyl halides is 3. The van der Waals surface area contributed by atoms with Gasteiger partial charge in [0, 0.05) is 6.54 Å². The normalized spacial score (nSPS) is 13.2. The van der Waals surface area contributed by atoms with Gasteiger partial charge in [-0.3, -0.25) is 9.79 Å². The highest BCUT2D eigenvalue weighted by Gasteiger charge is 2.38. The van der Waals surface area contributed by atoms with Gasteiger partial charge in [-0.15, -0.1) is 0 Å². The molecule has 1 rings (SSSR count). The second-order valence-electron chi connectivity index (χ2n) is 4.74. The van der Waals surface area contributed by atoms with Crippen LogP contribution in [0.15, 0.2) is 34.5 Å². The summed E-state index contributed by atoms with van der Waals surface area (Å²) in [5.74, 6) is -6.30. The predicted molar refractivity (Wildman–Crippen MR) is 81.1 cm³/mol. The van der Waals surface area contributed by atoms with E-state index in [9.17, 15) is 31.5 Å². The van der Waals surface area contributed by atoms with Crippen molar-refractivity contribution in [2.24, 2.45) is 16.5 Å². The summed E-state index contributed by atoms with van der Waals surface area (Å²) in [7, 11) is 0. The summed E-state index contributed by atoms with van der Waals surface area (Å²) in [4.78, 5) is 27.1. The molecule has 0 spiro atoms. The van der Waals surface area contributed by atoms with Gasteiger partial charge in [-0.25, -0.2) is 13.6 Å². The van der Waals surface area contributed by atoms with Crippen molar-refractivity contribution in [1.29, 1.82) is 0 Å². The molecule has 11 heteroatoms. The molecule has 0 saturated carbocycles. The molecule has 6 nitrogen and oxygen atoms in total. The van der Waals surface area contributed by atoms with Crippen LogP contribution in [0.3, 0.4) is 0 Å². The minimum absolute atomic E-state index is 0.0624. The number of nitrogens with zero attached hydrogens (tertiary/aromatic N) is 1. The van der Waals surface area contributed by atoms with Crippen molar-refractivity contribution in [2.45, 2.75) is 13.1 Å². The number of esters is 1. The van der Waals surface area contributed by atoms with E-state index in [1.54, 1.807) is 0 Å². The summed E-state index contributed by atoms with van der Waals surface area (Å²) in [5.41, 5.74) is 6.02. The maximum Gasteiger partial charge on any atom is 0.431 e. The van der Waals surface area contributed by atoms with E-state index in [0.29, 0.717) is 0 Å². The van der Waals surface area contributed by atoms with Gasteiger partial charge in [-0.2, -0.15) is 13.2 Å². The predicted octanol–water partition coefficient (Wildman–Crippen LogP) is 1.84. The highest BCUT2D eigenvalue weighted by Crippen LogP contribution is 2.25. The van der Waals surface area contributed by atoms with Crippen LogP contribution in [0.1, 0.15) is 17.3 Å². The Bertz CT molecular complexity index is 752. The number of benzene rings is 1. The molecule has 1 aromatic carbocycles. The van der Waals surface area contributed by atoms with Crippen molar-refractivity contribution in [3.63, 3.8) is 0 Å². The summed E-state index contributed by atoms with van der Waals surface area (Å²) in [6, 6.07) is 2.58. The van der Waals surface area contributed by atoms with E-state index >= 15 is 0 Å².